The molecule has 0 bridgehead atoms. The molecule has 4 rings (SSSR count). The Balaban J connectivity index is 1.56. The third-order valence-corrected chi connectivity index (χ3v) is 6.90. The van der Waals surface area contributed by atoms with Crippen molar-refractivity contribution in [3.05, 3.63) is 87.2 Å². The molecule has 3 aromatic rings. The summed E-state index contributed by atoms with van der Waals surface area (Å²) >= 11 is 2.85. The minimum atomic E-state index is -0.220. The summed E-state index contributed by atoms with van der Waals surface area (Å²) < 4.78 is 5.21. The average Bonchev–Trinajstić information content (AvgIpc) is 3.44. The third kappa shape index (κ3) is 5.76. The number of amidine groups is 1. The molecule has 1 aliphatic rings. The van der Waals surface area contributed by atoms with Crippen molar-refractivity contribution in [1.82, 2.24) is 5.32 Å². The van der Waals surface area contributed by atoms with Gasteiger partial charge in [0.2, 0.25) is 5.91 Å². The molecule has 1 aromatic heterocycles. The van der Waals surface area contributed by atoms with Crippen LogP contribution in [-0.2, 0) is 16.1 Å². The van der Waals surface area contributed by atoms with E-state index in [0.29, 0.717) is 17.4 Å². The number of aryl methyl sites for hydroxylation is 2. The van der Waals surface area contributed by atoms with Crippen molar-refractivity contribution in [2.24, 2.45) is 4.99 Å². The fourth-order valence-corrected chi connectivity index (χ4v) is 5.03. The summed E-state index contributed by atoms with van der Waals surface area (Å²) in [5.74, 6) is 0.572. The monoisotopic (exact) mass is 491 g/mol. The molecule has 0 fully saturated rings. The number of nitrogens with one attached hydrogen (secondary N) is 1. The second-order valence-corrected chi connectivity index (χ2v) is 9.80. The SMILES string of the molecule is COc1ccc(/C=C2/N=C(SCC(=O)NCc3cccs3)N(c3cc(C)cc(C)c3)C2=O)cc1. The van der Waals surface area contributed by atoms with Crippen molar-refractivity contribution in [3.63, 3.8) is 0 Å². The number of anilines is 1. The van der Waals surface area contributed by atoms with Crippen LogP contribution in [-0.4, -0.2) is 29.8 Å². The van der Waals surface area contributed by atoms with Gasteiger partial charge in [0.1, 0.15) is 11.4 Å². The quantitative estimate of drug-likeness (QED) is 0.463. The van der Waals surface area contributed by atoms with Gasteiger partial charge in [-0.2, -0.15) is 0 Å². The van der Waals surface area contributed by atoms with Crippen LogP contribution in [0.4, 0.5) is 5.69 Å². The maximum Gasteiger partial charge on any atom is 0.283 e. The number of amides is 2. The minimum Gasteiger partial charge on any atom is -0.497 e. The molecule has 2 amide bonds. The number of rotatable bonds is 7. The van der Waals surface area contributed by atoms with Gasteiger partial charge < -0.3 is 10.1 Å². The number of methoxy groups -OCH3 is 1. The molecule has 0 unspecified atom stereocenters. The lowest BCUT2D eigenvalue weighted by atomic mass is 10.1. The highest BCUT2D eigenvalue weighted by Gasteiger charge is 2.32. The molecule has 1 N–H and O–H groups in total. The Labute approximate surface area is 207 Å². The first-order valence-corrected chi connectivity index (χ1v) is 12.6. The summed E-state index contributed by atoms with van der Waals surface area (Å²) in [6, 6.07) is 17.3. The van der Waals surface area contributed by atoms with Crippen molar-refractivity contribution in [3.8, 4) is 5.75 Å². The zero-order chi connectivity index (χ0) is 24.1. The number of hydrogen-bond acceptors (Lipinski definition) is 6. The molecule has 0 saturated heterocycles. The molecule has 0 aliphatic carbocycles. The van der Waals surface area contributed by atoms with Crippen LogP contribution in [0, 0.1) is 13.8 Å². The first kappa shape index (κ1) is 23.8. The summed E-state index contributed by atoms with van der Waals surface area (Å²) in [6.45, 7) is 4.48. The Morgan fingerprint density at radius 3 is 2.53 bits per heavy atom. The van der Waals surface area contributed by atoms with Crippen molar-refractivity contribution >= 4 is 51.8 Å². The molecule has 0 saturated carbocycles. The van der Waals surface area contributed by atoms with E-state index in [2.05, 4.69) is 16.4 Å². The van der Waals surface area contributed by atoms with Crippen LogP contribution >= 0.6 is 23.1 Å². The zero-order valence-corrected chi connectivity index (χ0v) is 20.8. The van der Waals surface area contributed by atoms with Crippen molar-refractivity contribution < 1.29 is 14.3 Å². The number of carbonyl (C=O) groups is 2. The molecule has 0 atom stereocenters. The summed E-state index contributed by atoms with van der Waals surface area (Å²) in [6.07, 6.45) is 1.75. The second kappa shape index (κ2) is 10.7. The Kier molecular flexibility index (Phi) is 7.49. The zero-order valence-electron chi connectivity index (χ0n) is 19.2. The Morgan fingerprint density at radius 1 is 1.15 bits per heavy atom. The highest BCUT2D eigenvalue weighted by molar-refractivity contribution is 8.14. The van der Waals surface area contributed by atoms with E-state index in [1.165, 1.54) is 11.8 Å². The van der Waals surface area contributed by atoms with E-state index < -0.39 is 0 Å². The first-order valence-electron chi connectivity index (χ1n) is 10.7. The number of benzene rings is 2. The smallest absolute Gasteiger partial charge is 0.283 e. The Morgan fingerprint density at radius 2 is 1.88 bits per heavy atom. The van der Waals surface area contributed by atoms with Gasteiger partial charge in [-0.3, -0.25) is 14.5 Å². The van der Waals surface area contributed by atoms with E-state index in [1.54, 1.807) is 29.4 Å². The average molecular weight is 492 g/mol. The summed E-state index contributed by atoms with van der Waals surface area (Å²) in [5.41, 5.74) is 4.01. The maximum atomic E-state index is 13.4. The molecule has 34 heavy (non-hydrogen) atoms. The van der Waals surface area contributed by atoms with Gasteiger partial charge in [0.05, 0.1) is 25.1 Å². The number of aliphatic imine (C=N–C) groups is 1. The number of thioether (sulfide) groups is 1. The van der Waals surface area contributed by atoms with E-state index >= 15 is 0 Å². The summed E-state index contributed by atoms with van der Waals surface area (Å²) in [7, 11) is 1.61. The second-order valence-electron chi connectivity index (χ2n) is 7.83. The van der Waals surface area contributed by atoms with Crippen LogP contribution in [0.15, 0.2) is 70.7 Å². The summed E-state index contributed by atoms with van der Waals surface area (Å²) in [5, 5.41) is 5.39. The predicted molar refractivity (Wildman–Crippen MR) is 140 cm³/mol. The number of thiophene rings is 1. The van der Waals surface area contributed by atoms with Crippen LogP contribution in [0.2, 0.25) is 0 Å². The van der Waals surface area contributed by atoms with E-state index in [-0.39, 0.29) is 17.6 Å². The molecule has 6 nitrogen and oxygen atoms in total. The van der Waals surface area contributed by atoms with Crippen LogP contribution in [0.25, 0.3) is 6.08 Å². The van der Waals surface area contributed by atoms with Crippen LogP contribution in [0.3, 0.4) is 0 Å². The van der Waals surface area contributed by atoms with Gasteiger partial charge in [0, 0.05) is 4.88 Å². The van der Waals surface area contributed by atoms with E-state index in [0.717, 1.165) is 33.0 Å². The molecule has 174 valence electrons. The molecule has 2 heterocycles. The van der Waals surface area contributed by atoms with Gasteiger partial charge in [-0.05, 0) is 72.3 Å². The Hall–Kier alpha value is -3.36. The molecule has 2 aromatic carbocycles. The van der Waals surface area contributed by atoms with Gasteiger partial charge in [-0.1, -0.05) is 36.0 Å². The number of carbonyl (C=O) groups excluding carboxylic acids is 2. The fraction of sp³-hybridized carbons (Fsp3) is 0.192. The van der Waals surface area contributed by atoms with Crippen LogP contribution in [0.1, 0.15) is 21.6 Å². The Bertz CT molecular complexity index is 1230. The lowest BCUT2D eigenvalue weighted by Crippen LogP contribution is -2.32. The largest absolute Gasteiger partial charge is 0.497 e. The third-order valence-electron chi connectivity index (χ3n) is 5.09. The van der Waals surface area contributed by atoms with Crippen molar-refractivity contribution in [2.75, 3.05) is 17.8 Å². The topological polar surface area (TPSA) is 71.0 Å². The molecule has 1 aliphatic heterocycles. The fourth-order valence-electron chi connectivity index (χ4n) is 3.54. The van der Waals surface area contributed by atoms with Gasteiger partial charge in [0.25, 0.3) is 5.91 Å². The minimum absolute atomic E-state index is 0.110. The molecule has 0 radical (unpaired) electrons. The summed E-state index contributed by atoms with van der Waals surface area (Å²) in [4.78, 5) is 33.1. The first-order chi connectivity index (χ1) is 16.4. The van der Waals surface area contributed by atoms with Gasteiger partial charge in [-0.15, -0.1) is 11.3 Å². The lowest BCUT2D eigenvalue weighted by Gasteiger charge is -2.19. The van der Waals surface area contributed by atoms with Gasteiger partial charge in [0.15, 0.2) is 5.17 Å². The normalized spacial score (nSPS) is 14.4. The molecular formula is C26H25N3O3S2. The van der Waals surface area contributed by atoms with Crippen LogP contribution < -0.4 is 15.0 Å². The molecule has 8 heteroatoms. The predicted octanol–water partition coefficient (Wildman–Crippen LogP) is 5.17. The van der Waals surface area contributed by atoms with E-state index in [1.807, 2.05) is 67.8 Å². The molecule has 0 spiro atoms. The standard InChI is InChI=1S/C26H25N3O3S2/c1-17-11-18(2)13-20(12-17)29-25(31)23(14-19-6-8-21(32-3)9-7-19)28-26(29)34-16-24(30)27-15-22-5-4-10-33-22/h4-14H,15-16H2,1-3H3,(H,27,30)/b23-14+. The highest BCUT2D eigenvalue weighted by Crippen LogP contribution is 2.31. The van der Waals surface area contributed by atoms with Crippen molar-refractivity contribution in [1.29, 1.82) is 0 Å². The maximum absolute atomic E-state index is 13.4. The number of nitrogens with zero attached hydrogens (tertiary/aromatic N) is 2. The highest BCUT2D eigenvalue weighted by atomic mass is 32.2. The van der Waals surface area contributed by atoms with E-state index in [4.69, 9.17) is 4.74 Å². The number of ether oxygens (including phenoxy) is 1. The lowest BCUT2D eigenvalue weighted by molar-refractivity contribution is -0.118. The number of hydrogen-bond donors (Lipinski definition) is 1. The van der Waals surface area contributed by atoms with Gasteiger partial charge >= 0.3 is 0 Å². The van der Waals surface area contributed by atoms with Crippen molar-refractivity contribution in [2.45, 2.75) is 20.4 Å². The van der Waals surface area contributed by atoms with E-state index in [9.17, 15) is 9.59 Å². The molecular weight excluding hydrogens is 466 g/mol. The van der Waals surface area contributed by atoms with Gasteiger partial charge in [-0.25, -0.2) is 4.99 Å². The van der Waals surface area contributed by atoms with Crippen LogP contribution in [0.5, 0.6) is 5.75 Å².